The lowest BCUT2D eigenvalue weighted by atomic mass is 10.0. The fraction of sp³-hybridized carbons (Fsp3) is 0.923. The van der Waals surface area contributed by atoms with Crippen LogP contribution in [-0.2, 0) is 0 Å². The van der Waals surface area contributed by atoms with Gasteiger partial charge in [0.1, 0.15) is 0 Å². The molecule has 1 saturated heterocycles. The largest absolute Gasteiger partial charge is 0.335 e. The third-order valence-corrected chi connectivity index (χ3v) is 3.99. The number of rotatable bonds is 1. The van der Waals surface area contributed by atoms with Crippen LogP contribution in [0.4, 0.5) is 4.79 Å². The van der Waals surface area contributed by atoms with Crippen LogP contribution in [0.2, 0.25) is 0 Å². The summed E-state index contributed by atoms with van der Waals surface area (Å²) in [6, 6.07) is 0.633. The van der Waals surface area contributed by atoms with Crippen LogP contribution in [0.1, 0.15) is 51.9 Å². The van der Waals surface area contributed by atoms with Gasteiger partial charge >= 0.3 is 6.03 Å². The van der Waals surface area contributed by atoms with Gasteiger partial charge in [-0.15, -0.1) is 0 Å². The van der Waals surface area contributed by atoms with Crippen molar-refractivity contribution in [2.45, 2.75) is 57.9 Å². The number of nitrogens with one attached hydrogen (secondary N) is 1. The van der Waals surface area contributed by atoms with E-state index >= 15 is 0 Å². The van der Waals surface area contributed by atoms with E-state index in [4.69, 9.17) is 0 Å². The minimum absolute atomic E-state index is 0.181. The molecule has 2 aliphatic rings. The summed E-state index contributed by atoms with van der Waals surface area (Å²) in [6.07, 6.45) is 8.51. The molecule has 1 N–H and O–H groups in total. The number of carbonyl (C=O) groups is 1. The Morgan fingerprint density at radius 2 is 1.81 bits per heavy atom. The first kappa shape index (κ1) is 11.7. The van der Waals surface area contributed by atoms with E-state index in [0.717, 1.165) is 25.4 Å². The summed E-state index contributed by atoms with van der Waals surface area (Å²) in [6.45, 7) is 4.18. The van der Waals surface area contributed by atoms with Crippen LogP contribution in [0, 0.1) is 5.92 Å². The van der Waals surface area contributed by atoms with E-state index in [0.29, 0.717) is 6.04 Å². The Morgan fingerprint density at radius 1 is 1.06 bits per heavy atom. The van der Waals surface area contributed by atoms with Crippen LogP contribution >= 0.6 is 0 Å². The van der Waals surface area contributed by atoms with Crippen LogP contribution in [0.15, 0.2) is 0 Å². The van der Waals surface area contributed by atoms with Crippen LogP contribution in [0.25, 0.3) is 0 Å². The summed E-state index contributed by atoms with van der Waals surface area (Å²) in [4.78, 5) is 14.0. The quantitative estimate of drug-likeness (QED) is 0.730. The van der Waals surface area contributed by atoms with Gasteiger partial charge < -0.3 is 10.2 Å². The molecule has 2 fully saturated rings. The third kappa shape index (κ3) is 3.13. The summed E-state index contributed by atoms with van der Waals surface area (Å²) in [5.41, 5.74) is 0. The van der Waals surface area contributed by atoms with Crippen molar-refractivity contribution in [1.29, 1.82) is 0 Å². The summed E-state index contributed by atoms with van der Waals surface area (Å²) in [7, 11) is 0. The van der Waals surface area contributed by atoms with Crippen molar-refractivity contribution >= 4 is 6.03 Å². The molecular weight excluding hydrogens is 200 g/mol. The average Bonchev–Trinajstić information content (AvgIpc) is 2.66. The molecule has 0 aromatic rings. The maximum Gasteiger partial charge on any atom is 0.317 e. The predicted molar refractivity (Wildman–Crippen MR) is 65.4 cm³/mol. The lowest BCUT2D eigenvalue weighted by Crippen LogP contribution is -2.44. The molecule has 0 bridgehead atoms. The molecule has 3 nitrogen and oxygen atoms in total. The van der Waals surface area contributed by atoms with Crippen molar-refractivity contribution < 1.29 is 4.79 Å². The molecule has 0 spiro atoms. The third-order valence-electron chi connectivity index (χ3n) is 3.99. The molecule has 1 heterocycles. The van der Waals surface area contributed by atoms with Crippen molar-refractivity contribution in [3.05, 3.63) is 0 Å². The van der Waals surface area contributed by atoms with E-state index in [1.54, 1.807) is 0 Å². The molecule has 0 radical (unpaired) electrons. The van der Waals surface area contributed by atoms with Gasteiger partial charge in [0.05, 0.1) is 0 Å². The fourth-order valence-electron chi connectivity index (χ4n) is 2.80. The second-order valence-corrected chi connectivity index (χ2v) is 5.45. The van der Waals surface area contributed by atoms with E-state index in [-0.39, 0.29) is 6.03 Å². The Kier molecular flexibility index (Phi) is 4.08. The van der Waals surface area contributed by atoms with Crippen molar-refractivity contribution in [3.63, 3.8) is 0 Å². The second kappa shape index (κ2) is 5.55. The SMILES string of the molecule is CC1CCCN(C(=O)NC2CCCC2)CC1. The topological polar surface area (TPSA) is 32.3 Å². The second-order valence-electron chi connectivity index (χ2n) is 5.45. The van der Waals surface area contributed by atoms with Gasteiger partial charge in [0, 0.05) is 19.1 Å². The highest BCUT2D eigenvalue weighted by molar-refractivity contribution is 5.74. The van der Waals surface area contributed by atoms with Crippen LogP contribution < -0.4 is 5.32 Å². The Hall–Kier alpha value is -0.730. The smallest absolute Gasteiger partial charge is 0.317 e. The molecule has 0 aromatic carbocycles. The summed E-state index contributed by atoms with van der Waals surface area (Å²) in [5.74, 6) is 0.782. The summed E-state index contributed by atoms with van der Waals surface area (Å²) in [5, 5.41) is 3.18. The zero-order valence-corrected chi connectivity index (χ0v) is 10.4. The Bertz CT molecular complexity index is 236. The van der Waals surface area contributed by atoms with Crippen LogP contribution in [-0.4, -0.2) is 30.1 Å². The Morgan fingerprint density at radius 3 is 2.56 bits per heavy atom. The lowest BCUT2D eigenvalue weighted by Gasteiger charge is -2.23. The molecule has 2 amide bonds. The predicted octanol–water partition coefficient (Wildman–Crippen LogP) is 2.76. The zero-order chi connectivity index (χ0) is 11.4. The first-order valence-electron chi connectivity index (χ1n) is 6.81. The standard InChI is InChI=1S/C13H24N2O/c1-11-5-4-9-15(10-8-11)13(16)14-12-6-2-3-7-12/h11-12H,2-10H2,1H3,(H,14,16). The summed E-state index contributed by atoms with van der Waals surface area (Å²) < 4.78 is 0. The van der Waals surface area contributed by atoms with Gasteiger partial charge in [-0.1, -0.05) is 19.8 Å². The molecular formula is C13H24N2O. The van der Waals surface area contributed by atoms with E-state index in [2.05, 4.69) is 12.2 Å². The van der Waals surface area contributed by atoms with E-state index < -0.39 is 0 Å². The normalized spacial score (nSPS) is 27.8. The van der Waals surface area contributed by atoms with Gasteiger partial charge in [-0.25, -0.2) is 4.79 Å². The van der Waals surface area contributed by atoms with Gasteiger partial charge in [0.25, 0.3) is 0 Å². The van der Waals surface area contributed by atoms with Gasteiger partial charge in [-0.3, -0.25) is 0 Å². The average molecular weight is 224 g/mol. The van der Waals surface area contributed by atoms with Crippen molar-refractivity contribution in [2.75, 3.05) is 13.1 Å². The van der Waals surface area contributed by atoms with E-state index in [1.807, 2.05) is 4.90 Å². The molecule has 1 aliphatic carbocycles. The van der Waals surface area contributed by atoms with Gasteiger partial charge in [-0.05, 0) is 38.0 Å². The molecule has 16 heavy (non-hydrogen) atoms. The molecule has 92 valence electrons. The minimum atomic E-state index is 0.181. The highest BCUT2D eigenvalue weighted by Crippen LogP contribution is 2.19. The lowest BCUT2D eigenvalue weighted by molar-refractivity contribution is 0.195. The maximum absolute atomic E-state index is 12.0. The molecule has 3 heteroatoms. The fourth-order valence-corrected chi connectivity index (χ4v) is 2.80. The van der Waals surface area contributed by atoms with E-state index in [1.165, 1.54) is 38.5 Å². The van der Waals surface area contributed by atoms with E-state index in [9.17, 15) is 4.79 Å². The highest BCUT2D eigenvalue weighted by atomic mass is 16.2. The number of hydrogen-bond acceptors (Lipinski definition) is 1. The molecule has 1 atom stereocenters. The Labute approximate surface area is 98.6 Å². The molecule has 2 rings (SSSR count). The molecule has 1 aliphatic heterocycles. The summed E-state index contributed by atoms with van der Waals surface area (Å²) >= 11 is 0. The molecule has 1 unspecified atom stereocenters. The minimum Gasteiger partial charge on any atom is -0.335 e. The van der Waals surface area contributed by atoms with Gasteiger partial charge in [0.15, 0.2) is 0 Å². The number of carbonyl (C=O) groups excluding carboxylic acids is 1. The Balaban J connectivity index is 1.78. The van der Waals surface area contributed by atoms with Crippen molar-refractivity contribution in [2.24, 2.45) is 5.92 Å². The molecule has 1 saturated carbocycles. The zero-order valence-electron chi connectivity index (χ0n) is 10.4. The van der Waals surface area contributed by atoms with Gasteiger partial charge in [0.2, 0.25) is 0 Å². The van der Waals surface area contributed by atoms with Crippen molar-refractivity contribution in [1.82, 2.24) is 10.2 Å². The number of hydrogen-bond donors (Lipinski definition) is 1. The van der Waals surface area contributed by atoms with Crippen LogP contribution in [0.5, 0.6) is 0 Å². The van der Waals surface area contributed by atoms with Gasteiger partial charge in [-0.2, -0.15) is 0 Å². The monoisotopic (exact) mass is 224 g/mol. The maximum atomic E-state index is 12.0. The number of amides is 2. The highest BCUT2D eigenvalue weighted by Gasteiger charge is 2.22. The number of urea groups is 1. The van der Waals surface area contributed by atoms with Crippen LogP contribution in [0.3, 0.4) is 0 Å². The first-order valence-corrected chi connectivity index (χ1v) is 6.81. The molecule has 0 aromatic heterocycles. The number of likely N-dealkylation sites (tertiary alicyclic amines) is 1. The first-order chi connectivity index (χ1) is 7.75. The number of nitrogens with zero attached hydrogens (tertiary/aromatic N) is 1. The van der Waals surface area contributed by atoms with Crippen molar-refractivity contribution in [3.8, 4) is 0 Å².